The summed E-state index contributed by atoms with van der Waals surface area (Å²) in [5.74, 6) is -1.26. The first-order chi connectivity index (χ1) is 9.06. The molecule has 0 amide bonds. The van der Waals surface area contributed by atoms with Gasteiger partial charge in [0.25, 0.3) is 0 Å². The molecule has 0 saturated heterocycles. The summed E-state index contributed by atoms with van der Waals surface area (Å²) in [6.45, 7) is 2.37. The molecule has 0 bridgehead atoms. The molecule has 0 aromatic heterocycles. The summed E-state index contributed by atoms with van der Waals surface area (Å²) in [6, 6.07) is 3.24. The van der Waals surface area contributed by atoms with Crippen molar-refractivity contribution in [2.75, 3.05) is 20.3 Å². The second kappa shape index (κ2) is 7.40. The molecule has 0 saturated carbocycles. The third-order valence-corrected chi connectivity index (χ3v) is 3.46. The Labute approximate surface area is 112 Å². The fraction of sp³-hybridized carbons (Fsp3) is 0.571. The zero-order chi connectivity index (χ0) is 14.3. The van der Waals surface area contributed by atoms with Crippen LogP contribution in [0.1, 0.15) is 26.2 Å². The maximum atomic E-state index is 13.3. The monoisotopic (exact) mass is 273 g/mol. The third kappa shape index (κ3) is 4.44. The molecule has 0 aliphatic carbocycles. The fourth-order valence-corrected chi connectivity index (χ4v) is 1.93. The predicted octanol–water partition coefficient (Wildman–Crippen LogP) is 2.48. The van der Waals surface area contributed by atoms with Crippen LogP contribution >= 0.6 is 0 Å². The van der Waals surface area contributed by atoms with Crippen LogP contribution in [0.2, 0.25) is 0 Å². The lowest BCUT2D eigenvalue weighted by atomic mass is 9.92. The zero-order valence-corrected chi connectivity index (χ0v) is 11.4. The molecule has 0 spiro atoms. The van der Waals surface area contributed by atoms with Gasteiger partial charge in [-0.2, -0.15) is 0 Å². The molecule has 1 rings (SSSR count). The van der Waals surface area contributed by atoms with Gasteiger partial charge < -0.3 is 15.2 Å². The van der Waals surface area contributed by atoms with Gasteiger partial charge in [0.2, 0.25) is 0 Å². The number of aliphatic hydroxyl groups excluding tert-OH is 1. The van der Waals surface area contributed by atoms with Gasteiger partial charge in [-0.15, -0.1) is 0 Å². The van der Waals surface area contributed by atoms with Gasteiger partial charge in [-0.05, 0) is 38.4 Å². The highest BCUT2D eigenvalue weighted by Gasteiger charge is 2.24. The molecule has 0 fully saturated rings. The van der Waals surface area contributed by atoms with Crippen LogP contribution < -0.4 is 10.1 Å². The molecular weight excluding hydrogens is 252 g/mol. The van der Waals surface area contributed by atoms with E-state index in [1.165, 1.54) is 6.07 Å². The van der Waals surface area contributed by atoms with E-state index in [0.29, 0.717) is 13.0 Å². The van der Waals surface area contributed by atoms with Crippen molar-refractivity contribution in [3.05, 3.63) is 29.8 Å². The molecule has 1 unspecified atom stereocenters. The van der Waals surface area contributed by atoms with Gasteiger partial charge in [-0.25, -0.2) is 8.78 Å². The Hall–Kier alpha value is -1.20. The van der Waals surface area contributed by atoms with Crippen LogP contribution in [0.15, 0.2) is 18.2 Å². The summed E-state index contributed by atoms with van der Waals surface area (Å²) in [6.07, 6.45) is 2.19. The lowest BCUT2D eigenvalue weighted by Gasteiger charge is -2.30. The van der Waals surface area contributed by atoms with Crippen LogP contribution in [0.3, 0.4) is 0 Å². The molecule has 0 radical (unpaired) electrons. The molecule has 0 aliphatic heterocycles. The summed E-state index contributed by atoms with van der Waals surface area (Å²) in [5, 5.41) is 12.5. The van der Waals surface area contributed by atoms with E-state index in [2.05, 4.69) is 5.32 Å². The first kappa shape index (κ1) is 15.9. The number of hydrogen-bond donors (Lipinski definition) is 2. The van der Waals surface area contributed by atoms with Crippen LogP contribution in [0.4, 0.5) is 8.78 Å². The minimum atomic E-state index is -0.697. The van der Waals surface area contributed by atoms with E-state index in [9.17, 15) is 13.9 Å². The van der Waals surface area contributed by atoms with Gasteiger partial charge in [0.05, 0.1) is 13.2 Å². The SMILES string of the molecule is CCC(CO)(CCCOc1ccc(F)cc1F)NC. The van der Waals surface area contributed by atoms with Gasteiger partial charge >= 0.3 is 0 Å². The summed E-state index contributed by atoms with van der Waals surface area (Å²) < 4.78 is 31.3. The molecule has 1 aromatic rings. The third-order valence-electron chi connectivity index (χ3n) is 3.46. The number of nitrogens with one attached hydrogen (secondary N) is 1. The average molecular weight is 273 g/mol. The smallest absolute Gasteiger partial charge is 0.167 e. The minimum Gasteiger partial charge on any atom is -0.491 e. The van der Waals surface area contributed by atoms with Crippen LogP contribution in [0, 0.1) is 11.6 Å². The molecule has 1 atom stereocenters. The number of likely N-dealkylation sites (N-methyl/N-ethyl adjacent to an activating group) is 1. The van der Waals surface area contributed by atoms with E-state index >= 15 is 0 Å². The molecule has 3 nitrogen and oxygen atoms in total. The highest BCUT2D eigenvalue weighted by Crippen LogP contribution is 2.20. The summed E-state index contributed by atoms with van der Waals surface area (Å²) >= 11 is 0. The van der Waals surface area contributed by atoms with Crippen molar-refractivity contribution in [3.8, 4) is 5.75 Å². The number of ether oxygens (including phenoxy) is 1. The van der Waals surface area contributed by atoms with Crippen molar-refractivity contribution in [1.29, 1.82) is 0 Å². The fourth-order valence-electron chi connectivity index (χ4n) is 1.93. The second-order valence-corrected chi connectivity index (χ2v) is 4.57. The Balaban J connectivity index is 2.42. The number of rotatable bonds is 8. The quantitative estimate of drug-likeness (QED) is 0.715. The van der Waals surface area contributed by atoms with Crippen LogP contribution in [0.25, 0.3) is 0 Å². The van der Waals surface area contributed by atoms with E-state index in [0.717, 1.165) is 25.0 Å². The Morgan fingerprint density at radius 3 is 2.63 bits per heavy atom. The van der Waals surface area contributed by atoms with E-state index in [1.807, 2.05) is 6.92 Å². The molecule has 108 valence electrons. The highest BCUT2D eigenvalue weighted by atomic mass is 19.1. The molecule has 0 aliphatic rings. The van der Waals surface area contributed by atoms with Gasteiger partial charge in [0.1, 0.15) is 5.82 Å². The van der Waals surface area contributed by atoms with Gasteiger partial charge in [0.15, 0.2) is 11.6 Å². The lowest BCUT2D eigenvalue weighted by Crippen LogP contribution is -2.46. The zero-order valence-electron chi connectivity index (χ0n) is 11.4. The standard InChI is InChI=1S/C14H21F2NO2/c1-3-14(10-18,17-2)7-4-8-19-13-6-5-11(15)9-12(13)16/h5-6,9,17-18H,3-4,7-8,10H2,1-2H3. The normalized spacial score (nSPS) is 14.2. The lowest BCUT2D eigenvalue weighted by molar-refractivity contribution is 0.145. The average Bonchev–Trinajstić information content (AvgIpc) is 2.42. The van der Waals surface area contributed by atoms with E-state index < -0.39 is 11.6 Å². The molecule has 0 heterocycles. The maximum Gasteiger partial charge on any atom is 0.167 e. The van der Waals surface area contributed by atoms with Crippen molar-refractivity contribution < 1.29 is 18.6 Å². The Kier molecular flexibility index (Phi) is 6.18. The van der Waals surface area contributed by atoms with Crippen LogP contribution in [-0.2, 0) is 0 Å². The van der Waals surface area contributed by atoms with Gasteiger partial charge in [-0.3, -0.25) is 0 Å². The van der Waals surface area contributed by atoms with Crippen molar-refractivity contribution in [2.45, 2.75) is 31.7 Å². The van der Waals surface area contributed by atoms with E-state index in [4.69, 9.17) is 4.74 Å². The maximum absolute atomic E-state index is 13.3. The Bertz CT molecular complexity index is 387. The topological polar surface area (TPSA) is 41.5 Å². The number of aliphatic hydroxyl groups is 1. The Morgan fingerprint density at radius 1 is 1.37 bits per heavy atom. The van der Waals surface area contributed by atoms with E-state index in [-0.39, 0.29) is 17.9 Å². The second-order valence-electron chi connectivity index (χ2n) is 4.57. The largest absolute Gasteiger partial charge is 0.491 e. The molecular formula is C14H21F2NO2. The molecule has 2 N–H and O–H groups in total. The summed E-state index contributed by atoms with van der Waals surface area (Å²) in [4.78, 5) is 0. The first-order valence-electron chi connectivity index (χ1n) is 6.44. The van der Waals surface area contributed by atoms with Gasteiger partial charge in [0, 0.05) is 11.6 Å². The van der Waals surface area contributed by atoms with Crippen molar-refractivity contribution >= 4 is 0 Å². The molecule has 1 aromatic carbocycles. The summed E-state index contributed by atoms with van der Waals surface area (Å²) in [5.41, 5.74) is -0.315. The highest BCUT2D eigenvalue weighted by molar-refractivity contribution is 5.24. The van der Waals surface area contributed by atoms with E-state index in [1.54, 1.807) is 7.05 Å². The van der Waals surface area contributed by atoms with Crippen LogP contribution in [0.5, 0.6) is 5.75 Å². The van der Waals surface area contributed by atoms with Gasteiger partial charge in [-0.1, -0.05) is 6.92 Å². The molecule has 5 heteroatoms. The molecule has 19 heavy (non-hydrogen) atoms. The van der Waals surface area contributed by atoms with Crippen molar-refractivity contribution in [2.24, 2.45) is 0 Å². The summed E-state index contributed by atoms with van der Waals surface area (Å²) in [7, 11) is 1.81. The predicted molar refractivity (Wildman–Crippen MR) is 70.3 cm³/mol. The van der Waals surface area contributed by atoms with Crippen molar-refractivity contribution in [3.63, 3.8) is 0 Å². The number of benzene rings is 1. The van der Waals surface area contributed by atoms with Crippen LogP contribution in [-0.4, -0.2) is 30.9 Å². The van der Waals surface area contributed by atoms with Crippen molar-refractivity contribution in [1.82, 2.24) is 5.32 Å². The number of halogens is 2. The number of hydrogen-bond acceptors (Lipinski definition) is 3. The Morgan fingerprint density at radius 2 is 2.11 bits per heavy atom. The minimum absolute atomic E-state index is 0.0465. The first-order valence-corrected chi connectivity index (χ1v) is 6.44.